The molecule has 0 rings (SSSR count). The quantitative estimate of drug-likeness (QED) is 0.634. The van der Waals surface area contributed by atoms with Crippen LogP contribution in [0.2, 0.25) is 0 Å². The van der Waals surface area contributed by atoms with E-state index in [1.165, 1.54) is 0 Å². The molecule has 90 valence electrons. The van der Waals surface area contributed by atoms with Gasteiger partial charge in [-0.2, -0.15) is 0 Å². The van der Waals surface area contributed by atoms with Crippen molar-refractivity contribution < 1.29 is 9.53 Å². The molecule has 0 saturated carbocycles. The fourth-order valence-electron chi connectivity index (χ4n) is 1.19. The number of ether oxygens (including phenoxy) is 1. The van der Waals surface area contributed by atoms with Crippen LogP contribution in [0, 0.1) is 0 Å². The Hall–Kier alpha value is -0.610. The lowest BCUT2D eigenvalue weighted by Crippen LogP contribution is -2.36. The van der Waals surface area contributed by atoms with Gasteiger partial charge in [-0.15, -0.1) is 0 Å². The Labute approximate surface area is 92.8 Å². The SMILES string of the molecule is CCC(C)NC(=O)CCNC(C)COC. The molecule has 0 spiro atoms. The molecule has 0 aromatic heterocycles. The van der Waals surface area contributed by atoms with Gasteiger partial charge in [0.2, 0.25) is 5.91 Å². The minimum atomic E-state index is 0.112. The standard InChI is InChI=1S/C11H24N2O2/c1-5-9(2)13-11(14)6-7-12-10(3)8-15-4/h9-10,12H,5-8H2,1-4H3,(H,13,14). The topological polar surface area (TPSA) is 50.4 Å². The number of amides is 1. The second-order valence-electron chi connectivity index (χ2n) is 3.94. The third kappa shape index (κ3) is 8.39. The van der Waals surface area contributed by atoms with Crippen LogP contribution in [0.15, 0.2) is 0 Å². The Bertz CT molecular complexity index is 174. The average molecular weight is 216 g/mol. The third-order valence-corrected chi connectivity index (χ3v) is 2.28. The van der Waals surface area contributed by atoms with Gasteiger partial charge in [0.25, 0.3) is 0 Å². The summed E-state index contributed by atoms with van der Waals surface area (Å²) in [5, 5.41) is 6.14. The van der Waals surface area contributed by atoms with Gasteiger partial charge in [-0.1, -0.05) is 6.92 Å². The van der Waals surface area contributed by atoms with E-state index in [1.54, 1.807) is 7.11 Å². The smallest absolute Gasteiger partial charge is 0.221 e. The molecule has 4 nitrogen and oxygen atoms in total. The lowest BCUT2D eigenvalue weighted by molar-refractivity contribution is -0.121. The van der Waals surface area contributed by atoms with Crippen molar-refractivity contribution in [3.63, 3.8) is 0 Å². The Morgan fingerprint density at radius 2 is 2.00 bits per heavy atom. The van der Waals surface area contributed by atoms with E-state index in [1.807, 2.05) is 13.8 Å². The maximum absolute atomic E-state index is 11.4. The van der Waals surface area contributed by atoms with E-state index in [2.05, 4.69) is 17.6 Å². The molecule has 2 N–H and O–H groups in total. The lowest BCUT2D eigenvalue weighted by atomic mass is 10.2. The predicted octanol–water partition coefficient (Wildman–Crippen LogP) is 0.916. The molecule has 0 bridgehead atoms. The molecule has 0 heterocycles. The van der Waals surface area contributed by atoms with E-state index in [0.717, 1.165) is 6.42 Å². The van der Waals surface area contributed by atoms with E-state index in [-0.39, 0.29) is 11.9 Å². The van der Waals surface area contributed by atoms with Gasteiger partial charge < -0.3 is 15.4 Å². The monoisotopic (exact) mass is 216 g/mol. The third-order valence-electron chi connectivity index (χ3n) is 2.28. The normalized spacial score (nSPS) is 14.7. The van der Waals surface area contributed by atoms with Crippen molar-refractivity contribution in [3.05, 3.63) is 0 Å². The van der Waals surface area contributed by atoms with E-state index < -0.39 is 0 Å². The molecule has 0 saturated heterocycles. The van der Waals surface area contributed by atoms with Crippen molar-refractivity contribution in [3.8, 4) is 0 Å². The van der Waals surface area contributed by atoms with Crippen LogP contribution in [0.5, 0.6) is 0 Å². The molecular formula is C11H24N2O2. The summed E-state index contributed by atoms with van der Waals surface area (Å²) in [5.41, 5.74) is 0. The molecule has 2 unspecified atom stereocenters. The lowest BCUT2D eigenvalue weighted by Gasteiger charge is -2.14. The summed E-state index contributed by atoms with van der Waals surface area (Å²) in [5.74, 6) is 0.112. The molecule has 0 radical (unpaired) electrons. The summed E-state index contributed by atoms with van der Waals surface area (Å²) in [4.78, 5) is 11.4. The molecule has 4 heteroatoms. The van der Waals surface area contributed by atoms with Crippen LogP contribution in [0.25, 0.3) is 0 Å². The van der Waals surface area contributed by atoms with Crippen LogP contribution in [0.1, 0.15) is 33.6 Å². The number of hydrogen-bond donors (Lipinski definition) is 2. The van der Waals surface area contributed by atoms with Crippen molar-refractivity contribution in [2.75, 3.05) is 20.3 Å². The zero-order valence-corrected chi connectivity index (χ0v) is 10.3. The summed E-state index contributed by atoms with van der Waals surface area (Å²) in [6.45, 7) is 7.48. The highest BCUT2D eigenvalue weighted by molar-refractivity contribution is 5.76. The zero-order valence-electron chi connectivity index (χ0n) is 10.3. The second-order valence-corrected chi connectivity index (χ2v) is 3.94. The minimum Gasteiger partial charge on any atom is -0.383 e. The van der Waals surface area contributed by atoms with Gasteiger partial charge >= 0.3 is 0 Å². The minimum absolute atomic E-state index is 0.112. The summed E-state index contributed by atoms with van der Waals surface area (Å²) in [6.07, 6.45) is 1.50. The number of carbonyl (C=O) groups excluding carboxylic acids is 1. The fourth-order valence-corrected chi connectivity index (χ4v) is 1.19. The molecule has 0 aliphatic heterocycles. The number of nitrogens with one attached hydrogen (secondary N) is 2. The van der Waals surface area contributed by atoms with Gasteiger partial charge in [0.1, 0.15) is 0 Å². The van der Waals surface area contributed by atoms with Gasteiger partial charge in [-0.05, 0) is 20.3 Å². The van der Waals surface area contributed by atoms with Crippen molar-refractivity contribution in [1.82, 2.24) is 10.6 Å². The van der Waals surface area contributed by atoms with Crippen LogP contribution in [-0.4, -0.2) is 38.3 Å². The van der Waals surface area contributed by atoms with Gasteiger partial charge in [0.05, 0.1) is 6.61 Å². The molecule has 0 aromatic rings. The Balaban J connectivity index is 3.46. The summed E-state index contributed by atoms with van der Waals surface area (Å²) < 4.78 is 4.98. The second kappa shape index (κ2) is 8.68. The Kier molecular flexibility index (Phi) is 8.33. The van der Waals surface area contributed by atoms with Crippen molar-refractivity contribution >= 4 is 5.91 Å². The van der Waals surface area contributed by atoms with E-state index in [4.69, 9.17) is 4.74 Å². The van der Waals surface area contributed by atoms with Crippen molar-refractivity contribution in [2.45, 2.75) is 45.7 Å². The van der Waals surface area contributed by atoms with Gasteiger partial charge in [-0.25, -0.2) is 0 Å². The first-order valence-electron chi connectivity index (χ1n) is 5.61. The highest BCUT2D eigenvalue weighted by atomic mass is 16.5. The Morgan fingerprint density at radius 3 is 2.53 bits per heavy atom. The molecular weight excluding hydrogens is 192 g/mol. The van der Waals surface area contributed by atoms with Crippen LogP contribution < -0.4 is 10.6 Å². The molecule has 0 aliphatic carbocycles. The number of carbonyl (C=O) groups is 1. The maximum Gasteiger partial charge on any atom is 0.221 e. The predicted molar refractivity (Wildman–Crippen MR) is 61.9 cm³/mol. The summed E-state index contributed by atoms with van der Waals surface area (Å²) in [7, 11) is 1.67. The summed E-state index contributed by atoms with van der Waals surface area (Å²) in [6, 6.07) is 0.570. The van der Waals surface area contributed by atoms with Gasteiger partial charge in [-0.3, -0.25) is 4.79 Å². The van der Waals surface area contributed by atoms with Gasteiger partial charge in [0, 0.05) is 32.2 Å². The Morgan fingerprint density at radius 1 is 1.33 bits per heavy atom. The first kappa shape index (κ1) is 14.4. The van der Waals surface area contributed by atoms with E-state index in [9.17, 15) is 4.79 Å². The van der Waals surface area contributed by atoms with Crippen LogP contribution in [0.4, 0.5) is 0 Å². The molecule has 1 amide bonds. The first-order valence-corrected chi connectivity index (χ1v) is 5.61. The van der Waals surface area contributed by atoms with Crippen LogP contribution >= 0.6 is 0 Å². The van der Waals surface area contributed by atoms with Crippen molar-refractivity contribution in [1.29, 1.82) is 0 Å². The molecule has 0 fully saturated rings. The molecule has 0 aromatic carbocycles. The maximum atomic E-state index is 11.4. The highest BCUT2D eigenvalue weighted by Gasteiger charge is 2.06. The molecule has 2 atom stereocenters. The number of hydrogen-bond acceptors (Lipinski definition) is 3. The molecule has 15 heavy (non-hydrogen) atoms. The summed E-state index contributed by atoms with van der Waals surface area (Å²) >= 11 is 0. The van der Waals surface area contributed by atoms with Crippen molar-refractivity contribution in [2.24, 2.45) is 0 Å². The highest BCUT2D eigenvalue weighted by Crippen LogP contribution is 1.90. The fraction of sp³-hybridized carbons (Fsp3) is 0.909. The number of methoxy groups -OCH3 is 1. The van der Waals surface area contributed by atoms with Crippen LogP contribution in [-0.2, 0) is 9.53 Å². The first-order chi connectivity index (χ1) is 7.10. The van der Waals surface area contributed by atoms with Gasteiger partial charge in [0.15, 0.2) is 0 Å². The zero-order chi connectivity index (χ0) is 11.7. The van der Waals surface area contributed by atoms with Crippen LogP contribution in [0.3, 0.4) is 0 Å². The number of rotatable bonds is 8. The largest absolute Gasteiger partial charge is 0.383 e. The molecule has 0 aliphatic rings. The average Bonchev–Trinajstić information content (AvgIpc) is 2.18. The van der Waals surface area contributed by atoms with E-state index >= 15 is 0 Å². The van der Waals surface area contributed by atoms with E-state index in [0.29, 0.717) is 25.6 Å².